The molecular weight excluding hydrogens is 454 g/mol. The van der Waals surface area contributed by atoms with E-state index in [0.717, 1.165) is 17.4 Å². The molecule has 0 saturated heterocycles. The number of aryl methyl sites for hydroxylation is 1. The van der Waals surface area contributed by atoms with Crippen LogP contribution in [0.15, 0.2) is 42.1 Å². The van der Waals surface area contributed by atoms with Crippen molar-refractivity contribution in [1.82, 2.24) is 24.9 Å². The molecule has 0 aliphatic heterocycles. The van der Waals surface area contributed by atoms with Gasteiger partial charge < -0.3 is 15.0 Å². The van der Waals surface area contributed by atoms with E-state index in [0.29, 0.717) is 59.0 Å². The van der Waals surface area contributed by atoms with Gasteiger partial charge in [0.15, 0.2) is 21.3 Å². The maximum atomic E-state index is 12.1. The number of imidazole rings is 1. The summed E-state index contributed by atoms with van der Waals surface area (Å²) in [5.74, 6) is 1.14. The summed E-state index contributed by atoms with van der Waals surface area (Å²) in [6.07, 6.45) is 7.55. The lowest BCUT2D eigenvalue weighted by Gasteiger charge is -2.19. The van der Waals surface area contributed by atoms with Gasteiger partial charge in [0.05, 0.1) is 23.4 Å². The van der Waals surface area contributed by atoms with Crippen molar-refractivity contribution in [3.63, 3.8) is 0 Å². The van der Waals surface area contributed by atoms with Crippen molar-refractivity contribution < 1.29 is 13.2 Å². The van der Waals surface area contributed by atoms with E-state index in [2.05, 4.69) is 36.3 Å². The third-order valence-electron chi connectivity index (χ3n) is 5.29. The normalized spacial score (nSPS) is 11.4. The van der Waals surface area contributed by atoms with Gasteiger partial charge in [0.2, 0.25) is 0 Å². The van der Waals surface area contributed by atoms with Crippen LogP contribution < -0.4 is 10.1 Å². The summed E-state index contributed by atoms with van der Waals surface area (Å²) in [5, 5.41) is 13.2. The molecule has 3 heterocycles. The first-order valence-electron chi connectivity index (χ1n) is 10.6. The number of H-pyrrole nitrogens is 1. The smallest absolute Gasteiger partial charge is 0.177 e. The summed E-state index contributed by atoms with van der Waals surface area (Å²) >= 11 is 0. The maximum Gasteiger partial charge on any atom is 0.177 e. The molecule has 0 fully saturated rings. The molecule has 0 saturated carbocycles. The van der Waals surface area contributed by atoms with E-state index in [-0.39, 0.29) is 4.90 Å². The van der Waals surface area contributed by atoms with Crippen molar-refractivity contribution in [3.05, 3.63) is 53.9 Å². The van der Waals surface area contributed by atoms with Gasteiger partial charge in [-0.25, -0.2) is 23.4 Å². The van der Waals surface area contributed by atoms with Gasteiger partial charge in [-0.2, -0.15) is 5.26 Å². The van der Waals surface area contributed by atoms with Gasteiger partial charge in [-0.1, -0.05) is 6.07 Å². The first-order chi connectivity index (χ1) is 16.3. The molecule has 174 valence electrons. The van der Waals surface area contributed by atoms with E-state index in [9.17, 15) is 13.7 Å². The number of pyridine rings is 1. The molecule has 0 unspecified atom stereocenters. The molecule has 0 atom stereocenters. The fraction of sp³-hybridized carbons (Fsp3) is 0.261. The molecule has 34 heavy (non-hydrogen) atoms. The number of nitrogens with zero attached hydrogens (tertiary/aromatic N) is 5. The van der Waals surface area contributed by atoms with Gasteiger partial charge >= 0.3 is 0 Å². The molecule has 0 aliphatic carbocycles. The molecule has 3 aromatic heterocycles. The lowest BCUT2D eigenvalue weighted by molar-refractivity contribution is 0.338. The number of sulfone groups is 1. The van der Waals surface area contributed by atoms with Gasteiger partial charge in [-0.05, 0) is 37.5 Å². The van der Waals surface area contributed by atoms with Gasteiger partial charge in [-0.15, -0.1) is 0 Å². The molecule has 1 aromatic carbocycles. The van der Waals surface area contributed by atoms with E-state index < -0.39 is 9.84 Å². The first-order valence-corrected chi connectivity index (χ1v) is 12.5. The molecule has 0 amide bonds. The second kappa shape index (κ2) is 9.44. The molecule has 10 nitrogen and oxygen atoms in total. The summed E-state index contributed by atoms with van der Waals surface area (Å²) in [7, 11) is -3.47. The molecule has 2 N–H and O–H groups in total. The average Bonchev–Trinajstić information content (AvgIpc) is 3.30. The second-order valence-corrected chi connectivity index (χ2v) is 9.67. The van der Waals surface area contributed by atoms with Crippen molar-refractivity contribution >= 4 is 26.8 Å². The number of hydrogen-bond donors (Lipinski definition) is 2. The Kier molecular flexibility index (Phi) is 6.43. The zero-order valence-electron chi connectivity index (χ0n) is 19.0. The number of aromatic nitrogens is 5. The molecule has 4 aromatic rings. The van der Waals surface area contributed by atoms with E-state index >= 15 is 0 Å². The van der Waals surface area contributed by atoms with Crippen molar-refractivity contribution in [3.8, 4) is 22.9 Å². The Morgan fingerprint density at radius 1 is 1.21 bits per heavy atom. The number of nitriles is 1. The third kappa shape index (κ3) is 4.53. The highest BCUT2D eigenvalue weighted by Crippen LogP contribution is 2.39. The molecule has 4 rings (SSSR count). The van der Waals surface area contributed by atoms with Crippen LogP contribution in [-0.2, 0) is 16.3 Å². The Balaban J connectivity index is 1.74. The molecular formula is C23H23N7O3S. The predicted octanol–water partition coefficient (Wildman–Crippen LogP) is 3.05. The molecule has 0 radical (unpaired) electrons. The minimum absolute atomic E-state index is 0.0767. The van der Waals surface area contributed by atoms with Crippen molar-refractivity contribution in [2.24, 2.45) is 0 Å². The number of aromatic amines is 1. The number of hydrogen-bond acceptors (Lipinski definition) is 9. The zero-order chi connectivity index (χ0) is 24.3. The fourth-order valence-electron chi connectivity index (χ4n) is 3.75. The lowest BCUT2D eigenvalue weighted by Crippen LogP contribution is -2.10. The number of nitrogens with one attached hydrogen (secondary N) is 2. The van der Waals surface area contributed by atoms with Crippen LogP contribution in [0.3, 0.4) is 0 Å². The van der Waals surface area contributed by atoms with Crippen LogP contribution in [0.25, 0.3) is 22.3 Å². The standard InChI is InChI=1S/C23H23N7O3S/c1-4-33-21-15(5-6-26-22-20-23(28-12-27-20)30-13-29-22)7-14(2)18(9-24)19(21)16-8-17(11-25-10-16)34(3,31)32/h7-8,10-13H,4-6H2,1-3H3,(H2,26,27,28,29,30). The summed E-state index contributed by atoms with van der Waals surface area (Å²) in [4.78, 5) is 19.8. The Labute approximate surface area is 197 Å². The Morgan fingerprint density at radius 3 is 2.76 bits per heavy atom. The number of ether oxygens (including phenoxy) is 1. The van der Waals surface area contributed by atoms with Gasteiger partial charge in [0.25, 0.3) is 0 Å². The van der Waals surface area contributed by atoms with Crippen LogP contribution in [0, 0.1) is 18.3 Å². The van der Waals surface area contributed by atoms with Crippen LogP contribution in [0.1, 0.15) is 23.6 Å². The minimum atomic E-state index is -3.47. The summed E-state index contributed by atoms with van der Waals surface area (Å²) in [5.41, 5.74) is 4.39. The predicted molar refractivity (Wildman–Crippen MR) is 127 cm³/mol. The second-order valence-electron chi connectivity index (χ2n) is 7.66. The summed E-state index contributed by atoms with van der Waals surface area (Å²) < 4.78 is 30.2. The largest absolute Gasteiger partial charge is 0.493 e. The van der Waals surface area contributed by atoms with Crippen molar-refractivity contribution in [2.45, 2.75) is 25.2 Å². The molecule has 0 bridgehead atoms. The van der Waals surface area contributed by atoms with Crippen LogP contribution in [0.2, 0.25) is 0 Å². The van der Waals surface area contributed by atoms with Crippen molar-refractivity contribution in [2.75, 3.05) is 24.7 Å². The van der Waals surface area contributed by atoms with E-state index in [1.165, 1.54) is 18.6 Å². The zero-order valence-corrected chi connectivity index (χ0v) is 19.8. The Bertz CT molecular complexity index is 1510. The minimum Gasteiger partial charge on any atom is -0.493 e. The van der Waals surface area contributed by atoms with Gasteiger partial charge in [0.1, 0.15) is 23.7 Å². The quantitative estimate of drug-likeness (QED) is 0.391. The number of rotatable bonds is 8. The highest BCUT2D eigenvalue weighted by Gasteiger charge is 2.21. The lowest BCUT2D eigenvalue weighted by atomic mass is 9.92. The van der Waals surface area contributed by atoms with Crippen LogP contribution >= 0.6 is 0 Å². The molecule has 0 spiro atoms. The topological polar surface area (TPSA) is 147 Å². The highest BCUT2D eigenvalue weighted by molar-refractivity contribution is 7.90. The number of fused-ring (bicyclic) bond motifs is 1. The van der Waals surface area contributed by atoms with Crippen LogP contribution in [0.4, 0.5) is 5.82 Å². The summed E-state index contributed by atoms with van der Waals surface area (Å²) in [6, 6.07) is 5.69. The Morgan fingerprint density at radius 2 is 2.03 bits per heavy atom. The van der Waals surface area contributed by atoms with Gasteiger partial charge in [-0.3, -0.25) is 4.98 Å². The molecule has 0 aliphatic rings. The van der Waals surface area contributed by atoms with E-state index in [1.54, 1.807) is 12.5 Å². The first kappa shape index (κ1) is 23.1. The SMILES string of the molecule is CCOc1c(CCNc2ncnc3[nH]cnc23)cc(C)c(C#N)c1-c1cncc(S(C)(=O)=O)c1. The van der Waals surface area contributed by atoms with Gasteiger partial charge in [0, 0.05) is 36.3 Å². The monoisotopic (exact) mass is 477 g/mol. The third-order valence-corrected chi connectivity index (χ3v) is 6.37. The van der Waals surface area contributed by atoms with Crippen LogP contribution in [-0.4, -0.2) is 52.7 Å². The highest BCUT2D eigenvalue weighted by atomic mass is 32.2. The maximum absolute atomic E-state index is 12.1. The average molecular weight is 478 g/mol. The van der Waals surface area contributed by atoms with Crippen molar-refractivity contribution in [1.29, 1.82) is 5.26 Å². The molecule has 11 heteroatoms. The fourth-order valence-corrected chi connectivity index (χ4v) is 4.35. The summed E-state index contributed by atoms with van der Waals surface area (Å²) in [6.45, 7) is 4.60. The van der Waals surface area contributed by atoms with E-state index in [4.69, 9.17) is 4.74 Å². The van der Waals surface area contributed by atoms with Crippen LogP contribution in [0.5, 0.6) is 5.75 Å². The van der Waals surface area contributed by atoms with E-state index in [1.807, 2.05) is 19.9 Å². The Hall–Kier alpha value is -4.04. The number of anilines is 1. The number of benzene rings is 1.